The number of carbonyl (C=O) groups is 1. The van der Waals surface area contributed by atoms with Gasteiger partial charge in [-0.15, -0.1) is 11.8 Å². The molecule has 0 aliphatic carbocycles. The van der Waals surface area contributed by atoms with Crippen molar-refractivity contribution in [3.63, 3.8) is 0 Å². The lowest BCUT2D eigenvalue weighted by atomic mass is 10.0. The highest BCUT2D eigenvalue weighted by Gasteiger charge is 2.02. The third-order valence-electron chi connectivity index (χ3n) is 6.35. The van der Waals surface area contributed by atoms with E-state index in [1.54, 1.807) is 6.08 Å². The number of thioether (sulfide) groups is 1. The molecule has 0 N–H and O–H groups in total. The van der Waals surface area contributed by atoms with Crippen LogP contribution in [0.5, 0.6) is 0 Å². The third-order valence-corrected chi connectivity index (χ3v) is 7.45. The van der Waals surface area contributed by atoms with Gasteiger partial charge in [0, 0.05) is 10.5 Å². The van der Waals surface area contributed by atoms with Crippen molar-refractivity contribution in [1.29, 1.82) is 0 Å². The van der Waals surface area contributed by atoms with E-state index in [4.69, 9.17) is 0 Å². The van der Waals surface area contributed by atoms with E-state index in [0.29, 0.717) is 0 Å². The predicted molar refractivity (Wildman–Crippen MR) is 152 cm³/mol. The van der Waals surface area contributed by atoms with Crippen LogP contribution in [0.25, 0.3) is 6.08 Å². The van der Waals surface area contributed by atoms with Crippen molar-refractivity contribution in [2.75, 3.05) is 5.75 Å². The van der Waals surface area contributed by atoms with Gasteiger partial charge in [-0.25, -0.2) is 0 Å². The molecule has 2 aromatic carbocycles. The number of ketones is 1. The molecule has 0 aromatic heterocycles. The van der Waals surface area contributed by atoms with Gasteiger partial charge < -0.3 is 0 Å². The summed E-state index contributed by atoms with van der Waals surface area (Å²) in [7, 11) is 0. The molecule has 2 rings (SSSR count). The number of allylic oxidation sites excluding steroid dienone is 1. The van der Waals surface area contributed by atoms with Crippen LogP contribution in [0.4, 0.5) is 0 Å². The molecule has 2 heteroatoms. The van der Waals surface area contributed by atoms with Crippen LogP contribution in [0.1, 0.15) is 119 Å². The molecular formula is C32H46OS. The van der Waals surface area contributed by atoms with Gasteiger partial charge in [-0.2, -0.15) is 0 Å². The molecule has 0 fully saturated rings. The molecule has 186 valence electrons. The Balaban J connectivity index is 1.55. The maximum atomic E-state index is 12.4. The standard InChI is InChI=1S/C32H46OS/c1-3-5-6-7-8-9-10-11-12-13-14-15-27-34-31-24-19-29(20-25-31)21-26-32(33)30-22-17-28(16-4-2)18-23-30/h17-26H,3-16,27H2,1-2H3. The summed E-state index contributed by atoms with van der Waals surface area (Å²) in [5.74, 6) is 1.26. The summed E-state index contributed by atoms with van der Waals surface area (Å²) < 4.78 is 0. The molecular weight excluding hydrogens is 432 g/mol. The van der Waals surface area contributed by atoms with Gasteiger partial charge in [-0.1, -0.05) is 133 Å². The summed E-state index contributed by atoms with van der Waals surface area (Å²) in [6.07, 6.45) is 22.6. The van der Waals surface area contributed by atoms with Crippen molar-refractivity contribution in [3.05, 3.63) is 71.3 Å². The number of hydrogen-bond donors (Lipinski definition) is 0. The SMILES string of the molecule is CCCCCCCCCCCCCCSc1ccc(C=CC(=O)c2ccc(CCC)cc2)cc1. The third kappa shape index (κ3) is 12.6. The van der Waals surface area contributed by atoms with E-state index in [9.17, 15) is 4.79 Å². The molecule has 0 saturated heterocycles. The number of rotatable bonds is 19. The van der Waals surface area contributed by atoms with Gasteiger partial charge in [-0.3, -0.25) is 4.79 Å². The highest BCUT2D eigenvalue weighted by Crippen LogP contribution is 2.21. The summed E-state index contributed by atoms with van der Waals surface area (Å²) in [6, 6.07) is 16.6. The van der Waals surface area contributed by atoms with E-state index in [2.05, 4.69) is 50.2 Å². The van der Waals surface area contributed by atoms with Crippen molar-refractivity contribution >= 4 is 23.6 Å². The second-order valence-corrected chi connectivity index (χ2v) is 10.6. The molecule has 34 heavy (non-hydrogen) atoms. The minimum absolute atomic E-state index is 0.0634. The van der Waals surface area contributed by atoms with Gasteiger partial charge in [0.1, 0.15) is 0 Å². The zero-order valence-electron chi connectivity index (χ0n) is 21.7. The van der Waals surface area contributed by atoms with Crippen LogP contribution in [-0.4, -0.2) is 11.5 Å². The minimum atomic E-state index is 0.0634. The Labute approximate surface area is 213 Å². The largest absolute Gasteiger partial charge is 0.289 e. The first kappa shape index (κ1) is 28.4. The summed E-state index contributed by atoms with van der Waals surface area (Å²) in [5, 5.41) is 0. The van der Waals surface area contributed by atoms with Crippen molar-refractivity contribution in [1.82, 2.24) is 0 Å². The molecule has 0 amide bonds. The molecule has 1 nitrogen and oxygen atoms in total. The normalized spacial score (nSPS) is 11.4. The monoisotopic (exact) mass is 478 g/mol. The van der Waals surface area contributed by atoms with Gasteiger partial charge in [0.15, 0.2) is 5.78 Å². The van der Waals surface area contributed by atoms with Crippen LogP contribution in [0, 0.1) is 0 Å². The molecule has 0 atom stereocenters. The zero-order valence-corrected chi connectivity index (χ0v) is 22.5. The number of hydrogen-bond acceptors (Lipinski definition) is 2. The molecule has 0 radical (unpaired) electrons. The Morgan fingerprint density at radius 2 is 1.24 bits per heavy atom. The Morgan fingerprint density at radius 1 is 0.676 bits per heavy atom. The van der Waals surface area contributed by atoms with Crippen molar-refractivity contribution in [2.45, 2.75) is 109 Å². The van der Waals surface area contributed by atoms with E-state index in [-0.39, 0.29) is 5.78 Å². The molecule has 2 aromatic rings. The first-order chi connectivity index (χ1) is 16.7. The molecule has 0 bridgehead atoms. The Hall–Kier alpha value is -1.80. The molecule has 0 heterocycles. The van der Waals surface area contributed by atoms with Crippen molar-refractivity contribution < 1.29 is 4.79 Å². The first-order valence-corrected chi connectivity index (χ1v) is 14.8. The van der Waals surface area contributed by atoms with Crippen molar-refractivity contribution in [3.8, 4) is 0 Å². The lowest BCUT2D eigenvalue weighted by molar-refractivity contribution is 0.104. The van der Waals surface area contributed by atoms with Gasteiger partial charge in [0.2, 0.25) is 0 Å². The van der Waals surface area contributed by atoms with Crippen LogP contribution < -0.4 is 0 Å². The number of carbonyl (C=O) groups excluding carboxylic acids is 1. The average molecular weight is 479 g/mol. The van der Waals surface area contributed by atoms with E-state index in [1.807, 2.05) is 30.0 Å². The fraction of sp³-hybridized carbons (Fsp3) is 0.531. The molecule has 0 saturated carbocycles. The van der Waals surface area contributed by atoms with E-state index in [1.165, 1.54) is 93.3 Å². The van der Waals surface area contributed by atoms with E-state index in [0.717, 1.165) is 24.0 Å². The van der Waals surface area contributed by atoms with Gasteiger partial charge in [0.25, 0.3) is 0 Å². The van der Waals surface area contributed by atoms with Gasteiger partial charge >= 0.3 is 0 Å². The van der Waals surface area contributed by atoms with E-state index < -0.39 is 0 Å². The molecule has 0 unspecified atom stereocenters. The van der Waals surface area contributed by atoms with Crippen LogP contribution in [0.2, 0.25) is 0 Å². The van der Waals surface area contributed by atoms with Gasteiger partial charge in [0.05, 0.1) is 0 Å². The molecule has 0 aliphatic heterocycles. The average Bonchev–Trinajstić information content (AvgIpc) is 2.87. The Morgan fingerprint density at radius 3 is 1.79 bits per heavy atom. The first-order valence-electron chi connectivity index (χ1n) is 13.8. The Kier molecular flexibility index (Phi) is 15.5. The summed E-state index contributed by atoms with van der Waals surface area (Å²) in [5.41, 5.74) is 3.12. The molecule has 0 spiro atoms. The van der Waals surface area contributed by atoms with Crippen molar-refractivity contribution in [2.24, 2.45) is 0 Å². The van der Waals surface area contributed by atoms with Crippen LogP contribution in [0.3, 0.4) is 0 Å². The fourth-order valence-corrected chi connectivity index (χ4v) is 5.11. The van der Waals surface area contributed by atoms with Crippen LogP contribution in [0.15, 0.2) is 59.5 Å². The molecule has 0 aliphatic rings. The lowest BCUT2D eigenvalue weighted by Crippen LogP contribution is -1.94. The topological polar surface area (TPSA) is 17.1 Å². The fourth-order valence-electron chi connectivity index (χ4n) is 4.20. The zero-order chi connectivity index (χ0) is 24.3. The number of benzene rings is 2. The number of unbranched alkanes of at least 4 members (excludes halogenated alkanes) is 11. The smallest absolute Gasteiger partial charge is 0.185 e. The number of aryl methyl sites for hydroxylation is 1. The lowest BCUT2D eigenvalue weighted by Gasteiger charge is -2.04. The summed E-state index contributed by atoms with van der Waals surface area (Å²) in [6.45, 7) is 4.46. The van der Waals surface area contributed by atoms with E-state index >= 15 is 0 Å². The highest BCUT2D eigenvalue weighted by molar-refractivity contribution is 7.99. The predicted octanol–water partition coefficient (Wildman–Crippen LogP) is 10.3. The summed E-state index contributed by atoms with van der Waals surface area (Å²) >= 11 is 1.95. The maximum Gasteiger partial charge on any atom is 0.185 e. The maximum absolute atomic E-state index is 12.4. The quantitative estimate of drug-likeness (QED) is 0.0864. The second kappa shape index (κ2) is 18.5. The second-order valence-electron chi connectivity index (χ2n) is 9.45. The van der Waals surface area contributed by atoms with Crippen LogP contribution >= 0.6 is 11.8 Å². The van der Waals surface area contributed by atoms with Crippen LogP contribution in [-0.2, 0) is 6.42 Å². The summed E-state index contributed by atoms with van der Waals surface area (Å²) in [4.78, 5) is 13.7. The highest BCUT2D eigenvalue weighted by atomic mass is 32.2. The minimum Gasteiger partial charge on any atom is -0.289 e. The van der Waals surface area contributed by atoms with Gasteiger partial charge in [-0.05, 0) is 47.9 Å². The Bertz CT molecular complexity index is 804.